The van der Waals surface area contributed by atoms with Crippen LogP contribution in [-0.4, -0.2) is 134 Å². The number of hydrogen-bond acceptors (Lipinski definition) is 11. The third-order valence-electron chi connectivity index (χ3n) is 24.7. The standard InChI is InChI=1S/C37H37N3O2.C35H32ClFN4O2.C29H29N3O3/c1-25-10-16-34(36(41)38-25)40-33-17-15-30(31-8-5-9-32(35(31)33)37(40)42)23-27-13-11-26(12-14-27)22-28-18-20-39(21-19-28)24-29-6-3-2-4-7-29;1-22-5-12-32(34(42)38-22)41-31-13-10-25(27-3-2-4-28(33(27)31)35(41)43)19-23-6-8-24(9-7-23)21-39-15-17-40(18-16-39)30-14-11-26(36)20-29(30)37;1-19-5-11-26(28(33)30-19)32-25-12-10-22(23-3-2-4-24(27(23)25)29(32)34)17-20-6-8-21(9-7-20)18-31-13-15-35-16-14-31/h2-9,11-15,17,28,34H,1,10,16,18-24H2,(H,38,41);2-4,6-11,13-14,20,32H,1,5,12,15-19,21H2,(H,38,42);2-4,6-10,12,26H,1,5,11,13-18H2,(H,30,33)/i22D2;21D2;18D2. The highest BCUT2D eigenvalue weighted by Gasteiger charge is 2.44. The fourth-order valence-corrected chi connectivity index (χ4v) is 18.7. The number of nitrogens with zero attached hydrogens (tertiary/aromatic N) is 7. The molecular weight excluding hydrogens is 1520 g/mol. The van der Waals surface area contributed by atoms with Gasteiger partial charge in [0.05, 0.1) is 36.0 Å². The molecule has 6 amide bonds. The lowest BCUT2D eigenvalue weighted by atomic mass is 9.89. The molecule has 19 heteroatoms. The molecule has 0 spiro atoms. The molecular formula is C101H98ClFN10O7. The largest absolute Gasteiger partial charge is 0.379 e. The van der Waals surface area contributed by atoms with Crippen LogP contribution < -0.4 is 35.6 Å². The molecule has 9 heterocycles. The number of ether oxygens (including phenoxy) is 1. The van der Waals surface area contributed by atoms with Gasteiger partial charge in [0.15, 0.2) is 0 Å². The minimum Gasteiger partial charge on any atom is -0.379 e. The Morgan fingerprint density at radius 2 is 0.775 bits per heavy atom. The van der Waals surface area contributed by atoms with Gasteiger partial charge in [-0.05, 0) is 222 Å². The van der Waals surface area contributed by atoms with Crippen LogP contribution in [0.5, 0.6) is 0 Å². The highest BCUT2D eigenvalue weighted by atomic mass is 35.5. The number of carbonyl (C=O) groups is 6. The lowest BCUT2D eigenvalue weighted by Crippen LogP contribution is -2.51. The van der Waals surface area contributed by atoms with Gasteiger partial charge in [-0.1, -0.05) is 189 Å². The zero-order valence-electron chi connectivity index (χ0n) is 72.9. The number of hydrogen-bond donors (Lipinski definition) is 3. The molecule has 11 aromatic carbocycles. The molecule has 3 atom stereocenters. The number of rotatable bonds is 18. The predicted octanol–water partition coefficient (Wildman–Crippen LogP) is 17.0. The Balaban J connectivity index is 0.000000129. The Kier molecular flexibility index (Phi) is 20.7. The quantitative estimate of drug-likeness (QED) is 0.0747. The summed E-state index contributed by atoms with van der Waals surface area (Å²) in [5.74, 6) is -1.39. The summed E-state index contributed by atoms with van der Waals surface area (Å²) in [6.45, 7) is 15.2. The molecule has 6 fully saturated rings. The third-order valence-corrected chi connectivity index (χ3v) is 25.0. The van der Waals surface area contributed by atoms with Crippen LogP contribution >= 0.6 is 11.6 Å². The van der Waals surface area contributed by atoms with Crippen molar-refractivity contribution >= 4 is 102 Å². The van der Waals surface area contributed by atoms with E-state index in [2.05, 4.69) is 70.9 Å². The van der Waals surface area contributed by atoms with Gasteiger partial charge in [0.1, 0.15) is 23.9 Å². The molecule has 11 aromatic rings. The van der Waals surface area contributed by atoms with Crippen molar-refractivity contribution in [3.63, 3.8) is 0 Å². The van der Waals surface area contributed by atoms with E-state index in [1.54, 1.807) is 31.7 Å². The zero-order chi connectivity index (χ0) is 87.6. The second-order valence-corrected chi connectivity index (χ2v) is 33.0. The van der Waals surface area contributed by atoms with Crippen LogP contribution in [0.1, 0.15) is 146 Å². The summed E-state index contributed by atoms with van der Waals surface area (Å²) in [6, 6.07) is 66.0. The van der Waals surface area contributed by atoms with Gasteiger partial charge in [-0.3, -0.25) is 58.2 Å². The number of halogens is 2. The van der Waals surface area contributed by atoms with Crippen molar-refractivity contribution in [2.24, 2.45) is 5.92 Å². The minimum atomic E-state index is -1.69. The highest BCUT2D eigenvalue weighted by molar-refractivity contribution is 6.31. The van der Waals surface area contributed by atoms with Crippen LogP contribution in [0.4, 0.5) is 27.1 Å². The molecule has 17 nitrogen and oxygen atoms in total. The summed E-state index contributed by atoms with van der Waals surface area (Å²) in [7, 11) is 0. The van der Waals surface area contributed by atoms with E-state index < -0.39 is 37.5 Å². The van der Waals surface area contributed by atoms with Crippen molar-refractivity contribution in [1.82, 2.24) is 30.7 Å². The molecule has 20 rings (SSSR count). The molecule has 0 aromatic heterocycles. The van der Waals surface area contributed by atoms with Crippen LogP contribution in [0.15, 0.2) is 249 Å². The van der Waals surface area contributed by atoms with Gasteiger partial charge < -0.3 is 25.6 Å². The monoisotopic (exact) mass is 1620 g/mol. The van der Waals surface area contributed by atoms with E-state index in [4.69, 9.17) is 24.6 Å². The number of allylic oxidation sites excluding steroid dienone is 3. The highest BCUT2D eigenvalue weighted by Crippen LogP contribution is 2.46. The van der Waals surface area contributed by atoms with E-state index >= 15 is 0 Å². The van der Waals surface area contributed by atoms with Crippen LogP contribution in [-0.2, 0) is 64.3 Å². The summed E-state index contributed by atoms with van der Waals surface area (Å²) < 4.78 is 73.0. The Morgan fingerprint density at radius 1 is 0.392 bits per heavy atom. The summed E-state index contributed by atoms with van der Waals surface area (Å²) in [5.41, 5.74) is 16.4. The van der Waals surface area contributed by atoms with E-state index in [1.807, 2.05) is 174 Å². The Bertz CT molecular complexity index is 6200. The van der Waals surface area contributed by atoms with E-state index in [-0.39, 0.29) is 47.2 Å². The Morgan fingerprint density at radius 3 is 1.18 bits per heavy atom. The molecule has 9 aliphatic rings. The topological polar surface area (TPSA) is 170 Å². The van der Waals surface area contributed by atoms with Crippen LogP contribution in [0.3, 0.4) is 0 Å². The molecule has 3 N–H and O–H groups in total. The number of morpholine rings is 1. The number of anilines is 4. The lowest BCUT2D eigenvalue weighted by Gasteiger charge is -2.36. The number of piperidine rings is 4. The van der Waals surface area contributed by atoms with Gasteiger partial charge in [0.2, 0.25) is 17.7 Å². The molecule has 9 aliphatic heterocycles. The van der Waals surface area contributed by atoms with E-state index in [0.717, 1.165) is 121 Å². The minimum absolute atomic E-state index is 0.0123. The van der Waals surface area contributed by atoms with Crippen LogP contribution in [0.2, 0.25) is 5.02 Å². The molecule has 0 aliphatic carbocycles. The summed E-state index contributed by atoms with van der Waals surface area (Å²) >= 11 is 5.90. The maximum absolute atomic E-state index is 14.4. The summed E-state index contributed by atoms with van der Waals surface area (Å²) in [5, 5.41) is 14.4. The maximum atomic E-state index is 14.4. The average Bonchev–Trinajstić information content (AvgIpc) is 1.58. The number of nitrogens with one attached hydrogen (secondary N) is 3. The van der Waals surface area contributed by atoms with Crippen molar-refractivity contribution in [3.05, 3.63) is 332 Å². The van der Waals surface area contributed by atoms with Crippen LogP contribution in [0, 0.1) is 11.7 Å². The first-order chi connectivity index (χ1) is 60.7. The lowest BCUT2D eigenvalue weighted by molar-refractivity contribution is -0.123. The van der Waals surface area contributed by atoms with Crippen molar-refractivity contribution in [2.75, 3.05) is 85.2 Å². The number of benzene rings is 11. The van der Waals surface area contributed by atoms with Gasteiger partial charge in [-0.25, -0.2) is 4.39 Å². The van der Waals surface area contributed by atoms with Gasteiger partial charge in [-0.15, -0.1) is 0 Å². The SMILES string of the molecule is [2H]C([2H])(c1ccc(Cc2ccc3c4c(cccc24)C(=O)N3C2CCC(=C)NC2=O)cc1)C1CCN(Cc2ccccc2)CC1.[2H]C([2H])(c1ccc(Cc2ccc3c4c(cccc24)C(=O)N3C2CCC(=C)NC2=O)cc1)N1CCN(c2ccc(Cl)cc2F)CC1.[2H]C([2H])(c1ccc(Cc2ccc3c4c(cccc24)C(=O)N3C2CCC(=C)NC2=O)cc1)N1CCOCC1. The van der Waals surface area contributed by atoms with Gasteiger partial charge >= 0.3 is 0 Å². The van der Waals surface area contributed by atoms with Crippen molar-refractivity contribution in [1.29, 1.82) is 0 Å². The molecule has 0 saturated carbocycles. The van der Waals surface area contributed by atoms with Crippen molar-refractivity contribution in [3.8, 4) is 0 Å². The fourth-order valence-electron chi connectivity index (χ4n) is 18.5. The molecule has 0 bridgehead atoms. The van der Waals surface area contributed by atoms with Crippen molar-refractivity contribution < 1.29 is 46.1 Å². The third kappa shape index (κ3) is 16.4. The molecule has 608 valence electrons. The molecule has 6 saturated heterocycles. The summed E-state index contributed by atoms with van der Waals surface area (Å²) in [4.78, 5) is 91.7. The predicted molar refractivity (Wildman–Crippen MR) is 474 cm³/mol. The molecule has 0 radical (unpaired) electrons. The smallest absolute Gasteiger partial charge is 0.259 e. The van der Waals surface area contributed by atoms with Crippen LogP contribution in [0.25, 0.3) is 32.3 Å². The average molecular weight is 1620 g/mol. The Hall–Kier alpha value is -11.9. The fraction of sp³-hybridized carbons (Fsp3) is 0.287. The maximum Gasteiger partial charge on any atom is 0.259 e. The van der Waals surface area contributed by atoms with E-state index in [0.29, 0.717) is 166 Å². The van der Waals surface area contributed by atoms with E-state index in [1.165, 1.54) is 11.6 Å². The first-order valence-electron chi connectivity index (χ1n) is 44.7. The molecule has 3 unspecified atom stereocenters. The second kappa shape index (κ2) is 34.4. The number of amides is 6. The van der Waals surface area contributed by atoms with Gasteiger partial charge in [0, 0.05) is 122 Å². The number of piperazine rings is 1. The van der Waals surface area contributed by atoms with Crippen molar-refractivity contribution in [2.45, 2.75) is 115 Å². The zero-order valence-corrected chi connectivity index (χ0v) is 67.7. The Labute approximate surface area is 713 Å². The normalized spacial score (nSPS) is 20.7. The first kappa shape index (κ1) is 72.1. The second-order valence-electron chi connectivity index (χ2n) is 32.6. The van der Waals surface area contributed by atoms with Gasteiger partial charge in [0.25, 0.3) is 17.7 Å². The van der Waals surface area contributed by atoms with Gasteiger partial charge in [-0.2, -0.15) is 0 Å². The first-order valence-corrected chi connectivity index (χ1v) is 42.1. The number of likely N-dealkylation sites (tertiary alicyclic amines) is 1. The summed E-state index contributed by atoms with van der Waals surface area (Å²) in [6.07, 6.45) is 5.79. The number of carbonyl (C=O) groups excluding carboxylic acids is 6. The van der Waals surface area contributed by atoms with E-state index in [9.17, 15) is 33.2 Å². The molecule has 120 heavy (non-hydrogen) atoms.